The lowest BCUT2D eigenvalue weighted by Gasteiger charge is -2.40. The zero-order chi connectivity index (χ0) is 44.3. The van der Waals surface area contributed by atoms with E-state index in [-0.39, 0.29) is 0 Å². The molecule has 0 saturated heterocycles. The summed E-state index contributed by atoms with van der Waals surface area (Å²) in [6.07, 6.45) is 0. The van der Waals surface area contributed by atoms with Crippen molar-refractivity contribution in [3.8, 4) is 39.1 Å². The molecule has 0 fully saturated rings. The number of hydrogen-bond donors (Lipinski definition) is 0. The molecule has 2 nitrogen and oxygen atoms in total. The molecule has 1 aromatic heterocycles. The standard InChI is InChI=1S/C66H40N2/c1-2-21-43-41(19-1)20-17-37-59(43)67(62-38-18-34-57-63(62)49-27-7-13-32-55(49)65(57)51-28-9-3-22-44(51)45-23-4-10-29-52(45)65)42-39-50-48-26-8-15-35-60(48)68-61-36-16-14-33-56(61)66(58(40-42)64(50)68)53-30-11-5-24-46(53)47-25-6-12-31-54(47)66/h1-40H. The van der Waals surface area contributed by atoms with Gasteiger partial charge in [-0.05, 0) is 114 Å². The van der Waals surface area contributed by atoms with E-state index in [0.717, 1.165) is 17.1 Å². The predicted molar refractivity (Wildman–Crippen MR) is 280 cm³/mol. The molecule has 11 aromatic carbocycles. The lowest BCUT2D eigenvalue weighted by Crippen LogP contribution is -2.33. The van der Waals surface area contributed by atoms with Crippen LogP contribution in [-0.2, 0) is 10.8 Å². The van der Waals surface area contributed by atoms with Gasteiger partial charge in [0.2, 0.25) is 0 Å². The average Bonchev–Trinajstić information content (AvgIpc) is 4.10. The van der Waals surface area contributed by atoms with Crippen LogP contribution in [0.4, 0.5) is 17.1 Å². The second-order valence-corrected chi connectivity index (χ2v) is 19.0. The first-order valence-electron chi connectivity index (χ1n) is 23.9. The van der Waals surface area contributed by atoms with Gasteiger partial charge < -0.3 is 9.47 Å². The quantitative estimate of drug-likeness (QED) is 0.172. The summed E-state index contributed by atoms with van der Waals surface area (Å²) in [7, 11) is 0. The summed E-state index contributed by atoms with van der Waals surface area (Å²) < 4.78 is 2.56. The summed E-state index contributed by atoms with van der Waals surface area (Å²) in [6.45, 7) is 0. The van der Waals surface area contributed by atoms with Crippen LogP contribution in [0.5, 0.6) is 0 Å². The Morgan fingerprint density at radius 2 is 0.765 bits per heavy atom. The van der Waals surface area contributed by atoms with Gasteiger partial charge in [-0.1, -0.05) is 206 Å². The number of hydrogen-bond acceptors (Lipinski definition) is 1. The van der Waals surface area contributed by atoms with E-state index in [1.165, 1.54) is 116 Å². The average molecular weight is 861 g/mol. The van der Waals surface area contributed by atoms with Gasteiger partial charge in [-0.3, -0.25) is 0 Å². The minimum absolute atomic E-state index is 0.478. The zero-order valence-electron chi connectivity index (χ0n) is 37.0. The van der Waals surface area contributed by atoms with Gasteiger partial charge in [-0.2, -0.15) is 0 Å². The van der Waals surface area contributed by atoms with Gasteiger partial charge in [-0.25, -0.2) is 0 Å². The van der Waals surface area contributed by atoms with E-state index in [4.69, 9.17) is 0 Å². The molecule has 1 aliphatic heterocycles. The number of aromatic nitrogens is 1. The summed E-state index contributed by atoms with van der Waals surface area (Å²) in [5.74, 6) is 0. The maximum atomic E-state index is 2.62. The molecule has 16 rings (SSSR count). The van der Waals surface area contributed by atoms with Crippen LogP contribution in [0.3, 0.4) is 0 Å². The number of para-hydroxylation sites is 2. The fraction of sp³-hybridized carbons (Fsp3) is 0.0303. The van der Waals surface area contributed by atoms with E-state index < -0.39 is 10.8 Å². The number of anilines is 3. The number of benzene rings is 11. The fourth-order valence-corrected chi connectivity index (χ4v) is 13.8. The Kier molecular flexibility index (Phi) is 6.98. The fourth-order valence-electron chi connectivity index (χ4n) is 13.8. The highest BCUT2D eigenvalue weighted by Crippen LogP contribution is 2.66. The Bertz CT molecular complexity index is 4090. The van der Waals surface area contributed by atoms with Gasteiger partial charge in [0, 0.05) is 27.4 Å². The third kappa shape index (κ3) is 4.22. The van der Waals surface area contributed by atoms with Gasteiger partial charge in [0.05, 0.1) is 38.9 Å². The molecule has 0 bridgehead atoms. The number of fused-ring (bicyclic) bond motifs is 23. The smallest absolute Gasteiger partial charge is 0.0755 e. The minimum atomic E-state index is -0.584. The first-order chi connectivity index (χ1) is 33.8. The van der Waals surface area contributed by atoms with Crippen molar-refractivity contribution in [3.63, 3.8) is 0 Å². The van der Waals surface area contributed by atoms with E-state index >= 15 is 0 Å². The third-order valence-electron chi connectivity index (χ3n) is 16.2. The van der Waals surface area contributed by atoms with Crippen LogP contribution < -0.4 is 4.90 Å². The second-order valence-electron chi connectivity index (χ2n) is 19.0. The van der Waals surface area contributed by atoms with Crippen LogP contribution in [0, 0.1) is 0 Å². The molecule has 2 heterocycles. The second kappa shape index (κ2) is 13.0. The Morgan fingerprint density at radius 1 is 0.309 bits per heavy atom. The van der Waals surface area contributed by atoms with Crippen molar-refractivity contribution in [2.75, 3.05) is 4.90 Å². The van der Waals surface area contributed by atoms with Gasteiger partial charge in [0.1, 0.15) is 0 Å². The largest absolute Gasteiger partial charge is 0.309 e. The monoisotopic (exact) mass is 860 g/mol. The topological polar surface area (TPSA) is 8.17 Å². The number of nitrogens with zero attached hydrogens (tertiary/aromatic N) is 2. The molecule has 314 valence electrons. The van der Waals surface area contributed by atoms with Crippen molar-refractivity contribution in [3.05, 3.63) is 287 Å². The van der Waals surface area contributed by atoms with E-state index in [2.05, 4.69) is 252 Å². The van der Waals surface area contributed by atoms with Crippen LogP contribution >= 0.6 is 0 Å². The van der Waals surface area contributed by atoms with Crippen molar-refractivity contribution >= 4 is 49.6 Å². The van der Waals surface area contributed by atoms with Crippen LogP contribution in [-0.4, -0.2) is 4.57 Å². The first kappa shape index (κ1) is 36.5. The molecule has 0 N–H and O–H groups in total. The van der Waals surface area contributed by atoms with E-state index in [9.17, 15) is 0 Å². The SMILES string of the molecule is c1ccc2c(c1)-c1ccccc1C21c2ccccc2-c2c(N(c3cc4c5c(c3)c3ccccc3n5-c3ccccc3C43c4ccccc4-c4ccccc43)c3cccc4ccccc34)cccc21. The van der Waals surface area contributed by atoms with Gasteiger partial charge in [0.25, 0.3) is 0 Å². The van der Waals surface area contributed by atoms with Crippen molar-refractivity contribution in [1.29, 1.82) is 0 Å². The van der Waals surface area contributed by atoms with Crippen LogP contribution in [0.1, 0.15) is 44.5 Å². The maximum absolute atomic E-state index is 2.62. The van der Waals surface area contributed by atoms with Crippen LogP contribution in [0.25, 0.3) is 71.6 Å². The Balaban J connectivity index is 1.08. The Hall–Kier alpha value is -8.72. The lowest BCUT2D eigenvalue weighted by atomic mass is 9.65. The molecular formula is C66H40N2. The molecule has 0 atom stereocenters. The van der Waals surface area contributed by atoms with Crippen LogP contribution in [0.15, 0.2) is 243 Å². The molecule has 2 spiro atoms. The molecule has 2 heteroatoms. The van der Waals surface area contributed by atoms with Crippen molar-refractivity contribution in [2.24, 2.45) is 0 Å². The summed E-state index contributed by atoms with van der Waals surface area (Å²) in [5.41, 5.74) is 24.5. The summed E-state index contributed by atoms with van der Waals surface area (Å²) in [6, 6.07) is 91.9. The number of rotatable bonds is 3. The molecule has 4 aliphatic rings. The van der Waals surface area contributed by atoms with Gasteiger partial charge in [0.15, 0.2) is 0 Å². The lowest BCUT2D eigenvalue weighted by molar-refractivity contribution is 0.748. The summed E-state index contributed by atoms with van der Waals surface area (Å²) in [4.78, 5) is 2.62. The molecule has 12 aromatic rings. The van der Waals surface area contributed by atoms with Crippen molar-refractivity contribution in [2.45, 2.75) is 10.8 Å². The highest BCUT2D eigenvalue weighted by molar-refractivity contribution is 6.15. The predicted octanol–water partition coefficient (Wildman–Crippen LogP) is 16.4. The molecule has 0 amide bonds. The minimum Gasteiger partial charge on any atom is -0.309 e. The maximum Gasteiger partial charge on any atom is 0.0755 e. The van der Waals surface area contributed by atoms with Gasteiger partial charge >= 0.3 is 0 Å². The zero-order valence-corrected chi connectivity index (χ0v) is 37.0. The molecule has 0 radical (unpaired) electrons. The van der Waals surface area contributed by atoms with Gasteiger partial charge in [-0.15, -0.1) is 0 Å². The van der Waals surface area contributed by atoms with Crippen molar-refractivity contribution < 1.29 is 0 Å². The first-order valence-corrected chi connectivity index (χ1v) is 23.9. The van der Waals surface area contributed by atoms with E-state index in [1.807, 2.05) is 0 Å². The van der Waals surface area contributed by atoms with E-state index in [1.54, 1.807) is 0 Å². The van der Waals surface area contributed by atoms with Crippen LogP contribution in [0.2, 0.25) is 0 Å². The molecule has 68 heavy (non-hydrogen) atoms. The summed E-state index contributed by atoms with van der Waals surface area (Å²) >= 11 is 0. The highest BCUT2D eigenvalue weighted by atomic mass is 15.2. The highest BCUT2D eigenvalue weighted by Gasteiger charge is 2.54. The molecule has 0 saturated carbocycles. The normalized spacial score (nSPS) is 14.4. The van der Waals surface area contributed by atoms with E-state index in [0.29, 0.717) is 0 Å². The third-order valence-corrected chi connectivity index (χ3v) is 16.2. The Morgan fingerprint density at radius 3 is 1.43 bits per heavy atom. The molecule has 0 unspecified atom stereocenters. The molecular weight excluding hydrogens is 821 g/mol. The molecule has 3 aliphatic carbocycles. The van der Waals surface area contributed by atoms with Crippen molar-refractivity contribution in [1.82, 2.24) is 4.57 Å². The Labute approximate surface area is 394 Å². The summed E-state index contributed by atoms with van der Waals surface area (Å²) in [5, 5.41) is 4.91.